The number of pyridine rings is 1. The third-order valence-electron chi connectivity index (χ3n) is 4.90. The van der Waals surface area contributed by atoms with Crippen LogP contribution in [-0.4, -0.2) is 29.0 Å². The highest BCUT2D eigenvalue weighted by Gasteiger charge is 2.12. The van der Waals surface area contributed by atoms with Crippen LogP contribution >= 0.6 is 12.8 Å². The van der Waals surface area contributed by atoms with Crippen LogP contribution in [0.25, 0.3) is 5.70 Å². The van der Waals surface area contributed by atoms with E-state index in [0.717, 1.165) is 70.9 Å². The van der Waals surface area contributed by atoms with Gasteiger partial charge in [0.1, 0.15) is 0 Å². The molecule has 1 aromatic heterocycles. The van der Waals surface area contributed by atoms with Gasteiger partial charge in [-0.2, -0.15) is 0 Å². The largest absolute Gasteiger partial charge is 0.396 e. The second kappa shape index (κ2) is 11.7. The van der Waals surface area contributed by atoms with Crippen molar-refractivity contribution in [2.75, 3.05) is 17.5 Å². The lowest BCUT2D eigenvalue weighted by Gasteiger charge is -2.20. The van der Waals surface area contributed by atoms with E-state index >= 15 is 0 Å². The molecule has 5 heteroatoms. The normalized spacial score (nSPS) is 12.2. The van der Waals surface area contributed by atoms with Crippen LogP contribution in [-0.2, 0) is 0 Å². The lowest BCUT2D eigenvalue weighted by atomic mass is 10.0. The highest BCUT2D eigenvalue weighted by Crippen LogP contribution is 2.28. The van der Waals surface area contributed by atoms with Gasteiger partial charge in [0.25, 0.3) is 0 Å². The molecule has 1 N–H and O–H groups in total. The van der Waals surface area contributed by atoms with Crippen molar-refractivity contribution in [1.29, 1.82) is 0 Å². The van der Waals surface area contributed by atoms with Gasteiger partial charge in [-0.3, -0.25) is 4.98 Å². The Morgan fingerprint density at radius 2 is 1.97 bits per heavy atom. The second-order valence-electron chi connectivity index (χ2n) is 7.51. The molecule has 2 rings (SSSR count). The highest BCUT2D eigenvalue weighted by molar-refractivity contribution is 7.81. The van der Waals surface area contributed by atoms with Crippen LogP contribution in [0.1, 0.15) is 55.5 Å². The minimum absolute atomic E-state index is 0.242. The molecule has 0 aliphatic rings. The monoisotopic (exact) mass is 423 g/mol. The molecule has 0 atom stereocenters. The van der Waals surface area contributed by atoms with Crippen LogP contribution in [0.5, 0.6) is 0 Å². The molecule has 0 aliphatic carbocycles. The summed E-state index contributed by atoms with van der Waals surface area (Å²) in [6.07, 6.45) is 6.65. The summed E-state index contributed by atoms with van der Waals surface area (Å²) in [4.78, 5) is 9.30. The van der Waals surface area contributed by atoms with Crippen molar-refractivity contribution >= 4 is 29.9 Å². The summed E-state index contributed by atoms with van der Waals surface area (Å²) in [6.45, 7) is 13.3. The maximum Gasteiger partial charge on any atom is 0.0733 e. The summed E-state index contributed by atoms with van der Waals surface area (Å²) in [5.74, 6) is 0. The third kappa shape index (κ3) is 6.57. The van der Waals surface area contributed by atoms with E-state index in [4.69, 9.17) is 10.1 Å². The molecular weight excluding hydrogens is 390 g/mol. The van der Waals surface area contributed by atoms with Gasteiger partial charge >= 0.3 is 0 Å². The molecule has 0 spiro atoms. The van der Waals surface area contributed by atoms with Gasteiger partial charge in [0, 0.05) is 41.9 Å². The molecule has 0 saturated heterocycles. The first kappa shape index (κ1) is 23.9. The molecule has 0 saturated carbocycles. The van der Waals surface area contributed by atoms with E-state index in [0.29, 0.717) is 0 Å². The van der Waals surface area contributed by atoms with Crippen LogP contribution in [0.3, 0.4) is 0 Å². The number of aliphatic imine (C=N–C) groups is 1. The van der Waals surface area contributed by atoms with Crippen LogP contribution in [0.2, 0.25) is 0 Å². The molecule has 30 heavy (non-hydrogen) atoms. The molecule has 0 amide bonds. The van der Waals surface area contributed by atoms with Crippen molar-refractivity contribution in [2.45, 2.75) is 47.0 Å². The maximum atomic E-state index is 8.95. The molecule has 0 bridgehead atoms. The molecule has 0 radical (unpaired) electrons. The first-order chi connectivity index (χ1) is 14.4. The lowest BCUT2D eigenvalue weighted by molar-refractivity contribution is 0.283. The van der Waals surface area contributed by atoms with Gasteiger partial charge in [0.2, 0.25) is 0 Å². The zero-order chi connectivity index (χ0) is 22.1. The Balaban J connectivity index is 2.37. The highest BCUT2D eigenvalue weighted by atomic mass is 32.1. The molecular formula is C25H33N3OS. The Hall–Kier alpha value is -2.37. The number of aliphatic hydroxyl groups excluding tert-OH is 1. The molecule has 1 heterocycles. The number of aromatic nitrogens is 1. The molecule has 1 aromatic carbocycles. The number of thiol groups is 1. The Morgan fingerprint density at radius 3 is 2.60 bits per heavy atom. The minimum atomic E-state index is 0.242. The zero-order valence-corrected chi connectivity index (χ0v) is 19.4. The van der Waals surface area contributed by atoms with Crippen LogP contribution in [0.4, 0.5) is 5.69 Å². The maximum absolute atomic E-state index is 8.95. The minimum Gasteiger partial charge on any atom is -0.396 e. The SMILES string of the molecule is C=C(C)C(=N/C(=C\C)c1cc(N(S)CCCCCO)ccc1C)c1ccnc(C)c1. The number of nitrogens with zero attached hydrogens (tertiary/aromatic N) is 3. The number of unbranched alkanes of at least 4 members (excludes halogenated alkanes) is 2. The van der Waals surface area contributed by atoms with E-state index in [1.165, 1.54) is 0 Å². The number of benzene rings is 1. The molecule has 0 unspecified atom stereocenters. The number of rotatable bonds is 10. The number of hydrogen-bond acceptors (Lipinski definition) is 5. The average molecular weight is 424 g/mol. The fourth-order valence-corrected chi connectivity index (χ4v) is 3.49. The third-order valence-corrected chi connectivity index (χ3v) is 5.33. The summed E-state index contributed by atoms with van der Waals surface area (Å²) >= 11 is 4.67. The second-order valence-corrected chi connectivity index (χ2v) is 7.99. The summed E-state index contributed by atoms with van der Waals surface area (Å²) < 4.78 is 1.96. The standard InChI is InChI=1S/C25H33N3OS/c1-6-24(27-25(18(2)3)21-12-13-26-20(5)16-21)23-17-22(11-10-19(23)4)28(30)14-8-7-9-15-29/h6,10-13,16-17,29-30H,2,7-9,14-15H2,1,3-5H3/b24-6-,27-25?. The van der Waals surface area contributed by atoms with Crippen LogP contribution < -0.4 is 4.31 Å². The number of aryl methyl sites for hydroxylation is 2. The first-order valence-corrected chi connectivity index (χ1v) is 10.8. The fourth-order valence-electron chi connectivity index (χ4n) is 3.23. The molecule has 2 aromatic rings. The van der Waals surface area contributed by atoms with Crippen molar-refractivity contribution in [3.63, 3.8) is 0 Å². The number of hydrogen-bond donors (Lipinski definition) is 2. The number of anilines is 1. The summed E-state index contributed by atoms with van der Waals surface area (Å²) in [6, 6.07) is 10.3. The van der Waals surface area contributed by atoms with Crippen molar-refractivity contribution in [2.24, 2.45) is 4.99 Å². The van der Waals surface area contributed by atoms with E-state index < -0.39 is 0 Å². The fraction of sp³-hybridized carbons (Fsp3) is 0.360. The number of aliphatic hydroxyl groups is 1. The Kier molecular flexibility index (Phi) is 9.34. The predicted octanol–water partition coefficient (Wildman–Crippen LogP) is 5.94. The molecule has 4 nitrogen and oxygen atoms in total. The van der Waals surface area contributed by atoms with Gasteiger partial charge in [-0.15, -0.1) is 0 Å². The molecule has 0 fully saturated rings. The van der Waals surface area contributed by atoms with Crippen molar-refractivity contribution in [3.05, 3.63) is 77.1 Å². The quantitative estimate of drug-likeness (QED) is 0.282. The smallest absolute Gasteiger partial charge is 0.0733 e. The average Bonchev–Trinajstić information content (AvgIpc) is 2.72. The van der Waals surface area contributed by atoms with Crippen LogP contribution in [0, 0.1) is 13.8 Å². The van der Waals surface area contributed by atoms with E-state index in [-0.39, 0.29) is 6.61 Å². The van der Waals surface area contributed by atoms with Crippen molar-refractivity contribution < 1.29 is 5.11 Å². The summed E-state index contributed by atoms with van der Waals surface area (Å²) in [5, 5.41) is 8.95. The first-order valence-electron chi connectivity index (χ1n) is 10.4. The summed E-state index contributed by atoms with van der Waals surface area (Å²) in [5.41, 5.74) is 7.92. The van der Waals surface area contributed by atoms with Gasteiger partial charge in [-0.1, -0.05) is 31.5 Å². The molecule has 160 valence electrons. The Bertz CT molecular complexity index is 934. The van der Waals surface area contributed by atoms with E-state index in [1.807, 2.05) is 43.3 Å². The van der Waals surface area contributed by atoms with Gasteiger partial charge in [0.05, 0.1) is 11.4 Å². The van der Waals surface area contributed by atoms with Gasteiger partial charge in [-0.05, 0) is 82.4 Å². The van der Waals surface area contributed by atoms with Gasteiger partial charge < -0.3 is 9.41 Å². The zero-order valence-electron chi connectivity index (χ0n) is 18.5. The summed E-state index contributed by atoms with van der Waals surface area (Å²) in [7, 11) is 0. The van der Waals surface area contributed by atoms with Gasteiger partial charge in [0.15, 0.2) is 0 Å². The molecule has 0 aliphatic heterocycles. The van der Waals surface area contributed by atoms with Crippen molar-refractivity contribution in [1.82, 2.24) is 4.98 Å². The van der Waals surface area contributed by atoms with Crippen LogP contribution in [0.15, 0.2) is 59.7 Å². The lowest BCUT2D eigenvalue weighted by Crippen LogP contribution is -2.12. The van der Waals surface area contributed by atoms with Crippen molar-refractivity contribution in [3.8, 4) is 0 Å². The van der Waals surface area contributed by atoms with E-state index in [2.05, 4.69) is 49.5 Å². The Labute approximate surface area is 186 Å². The predicted molar refractivity (Wildman–Crippen MR) is 132 cm³/mol. The number of allylic oxidation sites excluding steroid dienone is 2. The Morgan fingerprint density at radius 1 is 1.20 bits per heavy atom. The van der Waals surface area contributed by atoms with E-state index in [9.17, 15) is 0 Å². The topological polar surface area (TPSA) is 48.7 Å². The van der Waals surface area contributed by atoms with Gasteiger partial charge in [-0.25, -0.2) is 4.99 Å². The van der Waals surface area contributed by atoms with E-state index in [1.54, 1.807) is 6.20 Å².